The summed E-state index contributed by atoms with van der Waals surface area (Å²) in [5.41, 5.74) is 2.28. The molecule has 32 heavy (non-hydrogen) atoms. The summed E-state index contributed by atoms with van der Waals surface area (Å²) in [4.78, 5) is 24.2. The first-order valence-electron chi connectivity index (χ1n) is 11.2. The van der Waals surface area contributed by atoms with Crippen LogP contribution in [0.1, 0.15) is 43.9 Å². The molecule has 1 aromatic carbocycles. The molecule has 6 heteroatoms. The number of hydrogen-bond donors (Lipinski definition) is 0. The Balaban J connectivity index is 1.28. The van der Waals surface area contributed by atoms with E-state index in [2.05, 4.69) is 20.9 Å². The first-order chi connectivity index (χ1) is 15.3. The second-order valence-electron chi connectivity index (χ2n) is 9.78. The number of carbonyl (C=O) groups is 1. The molecule has 2 fully saturated rings. The smallest absolute Gasteiger partial charge is 0.158 e. The molecule has 166 valence electrons. The van der Waals surface area contributed by atoms with Crippen molar-refractivity contribution in [3.63, 3.8) is 0 Å². The molecule has 1 saturated heterocycles. The summed E-state index contributed by atoms with van der Waals surface area (Å²) in [7, 11) is 0. The van der Waals surface area contributed by atoms with E-state index < -0.39 is 5.54 Å². The molecule has 4 nitrogen and oxygen atoms in total. The minimum absolute atomic E-state index is 0.180. The van der Waals surface area contributed by atoms with Crippen LogP contribution in [0, 0.1) is 17.7 Å². The van der Waals surface area contributed by atoms with Crippen LogP contribution in [0.3, 0.4) is 0 Å². The molecule has 1 aliphatic heterocycles. The predicted molar refractivity (Wildman–Crippen MR) is 124 cm³/mol. The molecule has 3 aromatic rings. The van der Waals surface area contributed by atoms with Gasteiger partial charge in [-0.3, -0.25) is 19.7 Å². The van der Waals surface area contributed by atoms with Gasteiger partial charge in [-0.25, -0.2) is 4.39 Å². The van der Waals surface area contributed by atoms with E-state index in [4.69, 9.17) is 11.6 Å². The summed E-state index contributed by atoms with van der Waals surface area (Å²) in [6.07, 6.45) is 5.88. The van der Waals surface area contributed by atoms with Gasteiger partial charge in [-0.2, -0.15) is 0 Å². The second kappa shape index (κ2) is 8.20. The summed E-state index contributed by atoms with van der Waals surface area (Å²) < 4.78 is 13.9. The van der Waals surface area contributed by atoms with Crippen LogP contribution < -0.4 is 0 Å². The van der Waals surface area contributed by atoms with Crippen molar-refractivity contribution in [3.8, 4) is 0 Å². The Hall–Kier alpha value is -2.37. The number of hydrogen-bond acceptors (Lipinski definition) is 4. The molecule has 2 aliphatic rings. The Labute approximate surface area is 192 Å². The highest BCUT2D eigenvalue weighted by atomic mass is 35.5. The van der Waals surface area contributed by atoms with E-state index in [1.54, 1.807) is 24.4 Å². The SMILES string of the molecule is CC(C)(C(=O)Cc1ccc(Cl)cn1)N1C[C@H]2CC(c3ccnc4ccc(F)cc34)C[C@H]2C1. The number of rotatable bonds is 5. The van der Waals surface area contributed by atoms with Crippen molar-refractivity contribution >= 4 is 28.3 Å². The van der Waals surface area contributed by atoms with Gasteiger partial charge in [0.2, 0.25) is 0 Å². The van der Waals surface area contributed by atoms with E-state index in [9.17, 15) is 9.18 Å². The fourth-order valence-corrected chi connectivity index (χ4v) is 5.69. The first kappa shape index (κ1) is 21.5. The molecule has 0 N–H and O–H groups in total. The second-order valence-corrected chi connectivity index (χ2v) is 10.2. The van der Waals surface area contributed by atoms with Crippen LogP contribution in [-0.4, -0.2) is 39.3 Å². The molecule has 3 heterocycles. The van der Waals surface area contributed by atoms with Gasteiger partial charge >= 0.3 is 0 Å². The van der Waals surface area contributed by atoms with Crippen LogP contribution in [0.25, 0.3) is 10.9 Å². The van der Waals surface area contributed by atoms with E-state index in [-0.39, 0.29) is 11.6 Å². The zero-order chi connectivity index (χ0) is 22.5. The topological polar surface area (TPSA) is 46.1 Å². The van der Waals surface area contributed by atoms with Crippen LogP contribution in [0.4, 0.5) is 4.39 Å². The lowest BCUT2D eigenvalue weighted by molar-refractivity contribution is -0.128. The van der Waals surface area contributed by atoms with Gasteiger partial charge < -0.3 is 0 Å². The molecule has 1 saturated carbocycles. The maximum absolute atomic E-state index is 13.9. The summed E-state index contributed by atoms with van der Waals surface area (Å²) in [6, 6.07) is 10.5. The Morgan fingerprint density at radius 2 is 1.88 bits per heavy atom. The third-order valence-electron chi connectivity index (χ3n) is 7.53. The molecule has 5 rings (SSSR count). The van der Waals surface area contributed by atoms with Gasteiger partial charge in [0.15, 0.2) is 5.78 Å². The Morgan fingerprint density at radius 3 is 2.56 bits per heavy atom. The van der Waals surface area contributed by atoms with Crippen molar-refractivity contribution in [1.29, 1.82) is 0 Å². The molecular weight excluding hydrogens is 425 g/mol. The number of nitrogens with zero attached hydrogens (tertiary/aromatic N) is 3. The van der Waals surface area contributed by atoms with E-state index in [0.29, 0.717) is 29.2 Å². The normalized spacial score (nSPS) is 23.6. The minimum Gasteiger partial charge on any atom is -0.297 e. The quantitative estimate of drug-likeness (QED) is 0.518. The number of ketones is 1. The maximum Gasteiger partial charge on any atom is 0.158 e. The van der Waals surface area contributed by atoms with Gasteiger partial charge in [0, 0.05) is 36.6 Å². The lowest BCUT2D eigenvalue weighted by Crippen LogP contribution is -2.50. The highest BCUT2D eigenvalue weighted by Gasteiger charge is 2.47. The lowest BCUT2D eigenvalue weighted by Gasteiger charge is -2.35. The van der Waals surface area contributed by atoms with Crippen molar-refractivity contribution in [1.82, 2.24) is 14.9 Å². The first-order valence-corrected chi connectivity index (χ1v) is 11.6. The number of carbonyl (C=O) groups excluding carboxylic acids is 1. The molecule has 1 unspecified atom stereocenters. The van der Waals surface area contributed by atoms with Crippen LogP contribution >= 0.6 is 11.6 Å². The van der Waals surface area contributed by atoms with Crippen LogP contribution in [0.2, 0.25) is 5.02 Å². The summed E-state index contributed by atoms with van der Waals surface area (Å²) in [5.74, 6) is 1.48. The highest BCUT2D eigenvalue weighted by molar-refractivity contribution is 6.30. The van der Waals surface area contributed by atoms with E-state index >= 15 is 0 Å². The number of fused-ring (bicyclic) bond motifs is 2. The van der Waals surface area contributed by atoms with Crippen LogP contribution in [-0.2, 0) is 11.2 Å². The Bertz CT molecular complexity index is 1150. The van der Waals surface area contributed by atoms with Gasteiger partial charge in [-0.15, -0.1) is 0 Å². The number of Topliss-reactive ketones (excluding diaryl/α,β-unsaturated/α-hetero) is 1. The minimum atomic E-state index is -0.534. The molecule has 0 spiro atoms. The monoisotopic (exact) mass is 451 g/mol. The number of likely N-dealkylation sites (tertiary alicyclic amines) is 1. The van der Waals surface area contributed by atoms with E-state index in [1.807, 2.05) is 26.1 Å². The standard InChI is InChI=1S/C26H27ClFN3O/c1-26(2,25(32)12-21-5-3-19(27)13-30-21)31-14-17-9-16(10-18(17)15-31)22-7-8-29-24-6-4-20(28)11-23(22)24/h3-8,11,13,16-18H,9-10,12,14-15H2,1-2H3/t16?,17-,18+. The molecule has 2 aromatic heterocycles. The summed E-state index contributed by atoms with van der Waals surface area (Å²) in [6.45, 7) is 5.91. The molecule has 1 aliphatic carbocycles. The van der Waals surface area contributed by atoms with Crippen molar-refractivity contribution in [2.24, 2.45) is 11.8 Å². The molecule has 0 amide bonds. The molecule has 3 atom stereocenters. The van der Waals surface area contributed by atoms with Crippen molar-refractivity contribution in [2.45, 2.75) is 44.6 Å². The fraction of sp³-hybridized carbons (Fsp3) is 0.423. The zero-order valence-electron chi connectivity index (χ0n) is 18.4. The number of pyridine rings is 2. The largest absolute Gasteiger partial charge is 0.297 e. The molecule has 0 bridgehead atoms. The van der Waals surface area contributed by atoms with E-state index in [0.717, 1.165) is 42.5 Å². The third-order valence-corrected chi connectivity index (χ3v) is 7.75. The summed E-state index contributed by atoms with van der Waals surface area (Å²) >= 11 is 5.91. The van der Waals surface area contributed by atoms with Crippen molar-refractivity contribution in [3.05, 3.63) is 70.9 Å². The number of halogens is 2. The number of aromatic nitrogens is 2. The van der Waals surface area contributed by atoms with Crippen molar-refractivity contribution < 1.29 is 9.18 Å². The van der Waals surface area contributed by atoms with Gasteiger partial charge in [-0.1, -0.05) is 11.6 Å². The van der Waals surface area contributed by atoms with Gasteiger partial charge in [0.05, 0.1) is 22.5 Å². The lowest BCUT2D eigenvalue weighted by atomic mass is 9.91. The predicted octanol–water partition coefficient (Wildman–Crippen LogP) is 5.44. The third kappa shape index (κ3) is 3.93. The summed E-state index contributed by atoms with van der Waals surface area (Å²) in [5, 5.41) is 1.51. The number of benzene rings is 1. The van der Waals surface area contributed by atoms with Crippen LogP contribution in [0.5, 0.6) is 0 Å². The Kier molecular flexibility index (Phi) is 5.50. The average molecular weight is 452 g/mol. The molecular formula is C26H27ClFN3O. The average Bonchev–Trinajstić information content (AvgIpc) is 3.34. The van der Waals surface area contributed by atoms with Gasteiger partial charge in [0.1, 0.15) is 5.82 Å². The van der Waals surface area contributed by atoms with E-state index in [1.165, 1.54) is 11.6 Å². The highest BCUT2D eigenvalue weighted by Crippen LogP contribution is 2.48. The van der Waals surface area contributed by atoms with Crippen LogP contribution in [0.15, 0.2) is 48.8 Å². The Morgan fingerprint density at radius 1 is 1.12 bits per heavy atom. The fourth-order valence-electron chi connectivity index (χ4n) is 5.57. The van der Waals surface area contributed by atoms with Crippen molar-refractivity contribution in [2.75, 3.05) is 13.1 Å². The zero-order valence-corrected chi connectivity index (χ0v) is 19.1. The molecule has 0 radical (unpaired) electrons. The van der Waals surface area contributed by atoms with Gasteiger partial charge in [0.25, 0.3) is 0 Å². The maximum atomic E-state index is 13.9. The van der Waals surface area contributed by atoms with Gasteiger partial charge in [-0.05, 0) is 86.4 Å².